The molecular weight excluding hydrogens is 266 g/mol. The average molecular weight is 277 g/mol. The van der Waals surface area contributed by atoms with Crippen molar-refractivity contribution in [3.63, 3.8) is 0 Å². The Hall–Kier alpha value is -0.710. The van der Waals surface area contributed by atoms with Crippen LogP contribution in [0.3, 0.4) is 0 Å². The number of aromatic nitrogens is 3. The molecule has 94 valence electrons. The number of aliphatic hydroxyl groups is 3. The molecule has 4 atom stereocenters. The largest absolute Gasteiger partial charge is 0.394 e. The van der Waals surface area contributed by atoms with Crippen LogP contribution in [0.25, 0.3) is 0 Å². The third-order valence-electron chi connectivity index (χ3n) is 2.50. The predicted molar refractivity (Wildman–Crippen MR) is 61.3 cm³/mol. The fourth-order valence-electron chi connectivity index (χ4n) is 1.63. The van der Waals surface area contributed by atoms with Gasteiger partial charge >= 0.3 is 0 Å². The second-order valence-electron chi connectivity index (χ2n) is 3.61. The molecular formula is C8H11N3O4S2. The van der Waals surface area contributed by atoms with Gasteiger partial charge < -0.3 is 25.0 Å². The van der Waals surface area contributed by atoms with E-state index in [1.54, 1.807) is 0 Å². The minimum Gasteiger partial charge on any atom is -0.394 e. The van der Waals surface area contributed by atoms with Gasteiger partial charge in [0, 0.05) is 0 Å². The maximum absolute atomic E-state index is 9.77. The van der Waals surface area contributed by atoms with Crippen molar-refractivity contribution >= 4 is 24.4 Å². The number of nitrogens with one attached hydrogen (secondary N) is 1. The van der Waals surface area contributed by atoms with Gasteiger partial charge in [0.1, 0.15) is 23.0 Å². The van der Waals surface area contributed by atoms with Gasteiger partial charge in [-0.25, -0.2) is 4.68 Å². The molecule has 7 nitrogen and oxygen atoms in total. The number of nitrogens with zero attached hydrogens (tertiary/aromatic N) is 2. The molecule has 1 aliphatic heterocycles. The van der Waals surface area contributed by atoms with Crippen LogP contribution in [-0.2, 0) is 4.74 Å². The smallest absolute Gasteiger partial charge is 0.197 e. The molecule has 2 rings (SSSR count). The van der Waals surface area contributed by atoms with E-state index >= 15 is 0 Å². The molecule has 0 aliphatic carbocycles. The van der Waals surface area contributed by atoms with Crippen molar-refractivity contribution in [2.45, 2.75) is 24.5 Å². The van der Waals surface area contributed by atoms with Crippen LogP contribution in [0.4, 0.5) is 0 Å². The molecule has 9 heteroatoms. The van der Waals surface area contributed by atoms with Crippen molar-refractivity contribution in [1.29, 1.82) is 0 Å². The number of H-pyrrole nitrogens is 1. The zero-order valence-electron chi connectivity index (χ0n) is 8.55. The topological polar surface area (TPSA) is 104 Å². The Morgan fingerprint density at radius 2 is 2.12 bits per heavy atom. The van der Waals surface area contributed by atoms with Crippen molar-refractivity contribution in [3.05, 3.63) is 15.6 Å². The van der Waals surface area contributed by atoms with Crippen LogP contribution in [0.5, 0.6) is 0 Å². The molecule has 0 spiro atoms. The van der Waals surface area contributed by atoms with E-state index in [4.69, 9.17) is 34.3 Å². The van der Waals surface area contributed by atoms with Crippen LogP contribution in [0, 0.1) is 9.41 Å². The number of aliphatic hydroxyl groups excluding tert-OH is 3. The first-order valence-electron chi connectivity index (χ1n) is 4.85. The summed E-state index contributed by atoms with van der Waals surface area (Å²) in [5.41, 5.74) is 0. The van der Waals surface area contributed by atoms with E-state index in [2.05, 4.69) is 10.1 Å². The Labute approximate surface area is 106 Å². The van der Waals surface area contributed by atoms with Crippen molar-refractivity contribution in [2.75, 3.05) is 6.61 Å². The normalized spacial score (nSPS) is 32.9. The van der Waals surface area contributed by atoms with E-state index < -0.39 is 31.1 Å². The summed E-state index contributed by atoms with van der Waals surface area (Å²) in [6.45, 7) is -0.398. The maximum atomic E-state index is 9.77. The van der Waals surface area contributed by atoms with Gasteiger partial charge in [0.05, 0.1) is 12.8 Å². The number of hydrogen-bond donors (Lipinski definition) is 4. The van der Waals surface area contributed by atoms with E-state index in [0.29, 0.717) is 4.64 Å². The molecule has 0 saturated carbocycles. The minimum absolute atomic E-state index is 0.173. The van der Waals surface area contributed by atoms with Gasteiger partial charge in [0.2, 0.25) is 0 Å². The molecule has 0 bridgehead atoms. The van der Waals surface area contributed by atoms with E-state index in [1.807, 2.05) is 0 Å². The molecule has 0 radical (unpaired) electrons. The molecule has 2 heterocycles. The molecule has 1 aromatic heterocycles. The van der Waals surface area contributed by atoms with E-state index in [1.165, 1.54) is 10.9 Å². The minimum atomic E-state index is -1.21. The Morgan fingerprint density at radius 3 is 2.65 bits per heavy atom. The summed E-state index contributed by atoms with van der Waals surface area (Å²) in [7, 11) is 0. The molecule has 17 heavy (non-hydrogen) atoms. The van der Waals surface area contributed by atoms with Crippen molar-refractivity contribution < 1.29 is 20.1 Å². The first-order chi connectivity index (χ1) is 8.04. The predicted octanol–water partition coefficient (Wildman–Crippen LogP) is -0.718. The van der Waals surface area contributed by atoms with Gasteiger partial charge in [0.15, 0.2) is 11.0 Å². The number of ether oxygens (including phenoxy) is 1. The maximum Gasteiger partial charge on any atom is 0.197 e. The summed E-state index contributed by atoms with van der Waals surface area (Å²) < 4.78 is 7.01. The highest BCUT2D eigenvalue weighted by atomic mass is 32.1. The highest BCUT2D eigenvalue weighted by Crippen LogP contribution is 2.28. The first kappa shape index (κ1) is 12.7. The third-order valence-corrected chi connectivity index (χ3v) is 2.99. The van der Waals surface area contributed by atoms with Crippen LogP contribution in [0.15, 0.2) is 6.20 Å². The fraction of sp³-hybridized carbons (Fsp3) is 0.625. The van der Waals surface area contributed by atoms with Gasteiger partial charge in [-0.3, -0.25) is 0 Å². The highest BCUT2D eigenvalue weighted by Gasteiger charge is 2.43. The lowest BCUT2D eigenvalue weighted by molar-refractivity contribution is -0.0607. The van der Waals surface area contributed by atoms with Crippen LogP contribution in [0.2, 0.25) is 0 Å². The monoisotopic (exact) mass is 277 g/mol. The van der Waals surface area contributed by atoms with Crippen LogP contribution >= 0.6 is 24.4 Å². The van der Waals surface area contributed by atoms with Gasteiger partial charge in [-0.2, -0.15) is 5.10 Å². The zero-order chi connectivity index (χ0) is 12.6. The van der Waals surface area contributed by atoms with Crippen LogP contribution < -0.4 is 0 Å². The van der Waals surface area contributed by atoms with Crippen molar-refractivity contribution in [1.82, 2.24) is 14.8 Å². The molecule has 0 aromatic carbocycles. The van der Waals surface area contributed by atoms with E-state index in [-0.39, 0.29) is 4.77 Å². The SMILES string of the molecule is OC[C@H]1O[C@@H](n2ncc(=S)[nH]c2=S)C(O)C1O. The lowest BCUT2D eigenvalue weighted by Crippen LogP contribution is -2.33. The highest BCUT2D eigenvalue weighted by molar-refractivity contribution is 7.72. The molecule has 1 fully saturated rings. The zero-order valence-corrected chi connectivity index (χ0v) is 10.2. The summed E-state index contributed by atoms with van der Waals surface area (Å²) in [6, 6.07) is 0. The van der Waals surface area contributed by atoms with E-state index in [9.17, 15) is 10.2 Å². The van der Waals surface area contributed by atoms with Crippen molar-refractivity contribution in [2.24, 2.45) is 0 Å². The summed E-state index contributed by atoms with van der Waals surface area (Å²) in [4.78, 5) is 2.68. The summed E-state index contributed by atoms with van der Waals surface area (Å²) in [6.07, 6.45) is -2.85. The number of rotatable bonds is 2. The van der Waals surface area contributed by atoms with Gasteiger partial charge in [-0.05, 0) is 12.2 Å². The van der Waals surface area contributed by atoms with Crippen LogP contribution in [-0.4, -0.2) is 55.0 Å². The second kappa shape index (κ2) is 4.88. The van der Waals surface area contributed by atoms with Gasteiger partial charge in [-0.15, -0.1) is 0 Å². The standard InChI is InChI=1S/C8H11N3O4S2/c12-2-3-5(13)6(14)7(15-3)11-8(17)10-4(16)1-9-11/h1,3,5-7,12-14H,2H2,(H,10,16,17)/t3-,5?,6?,7-/m1/s1. The second-order valence-corrected chi connectivity index (χ2v) is 4.44. The van der Waals surface area contributed by atoms with Gasteiger partial charge in [0.25, 0.3) is 0 Å². The van der Waals surface area contributed by atoms with Gasteiger partial charge in [-0.1, -0.05) is 12.2 Å². The number of hydrogen-bond acceptors (Lipinski definition) is 7. The summed E-state index contributed by atoms with van der Waals surface area (Å²) in [5.74, 6) is 0. The quantitative estimate of drug-likeness (QED) is 0.529. The Balaban J connectivity index is 2.35. The number of aromatic amines is 1. The lowest BCUT2D eigenvalue weighted by atomic mass is 10.1. The average Bonchev–Trinajstić information content (AvgIpc) is 2.57. The molecule has 1 saturated heterocycles. The lowest BCUT2D eigenvalue weighted by Gasteiger charge is -2.16. The Morgan fingerprint density at radius 1 is 1.41 bits per heavy atom. The molecule has 4 N–H and O–H groups in total. The summed E-state index contributed by atoms with van der Waals surface area (Å²) in [5, 5.41) is 32.2. The van der Waals surface area contributed by atoms with E-state index in [0.717, 1.165) is 0 Å². The van der Waals surface area contributed by atoms with Crippen LogP contribution in [0.1, 0.15) is 6.23 Å². The summed E-state index contributed by atoms with van der Waals surface area (Å²) >= 11 is 9.83. The molecule has 1 aliphatic rings. The fourth-order valence-corrected chi connectivity index (χ4v) is 2.09. The third kappa shape index (κ3) is 2.30. The first-order valence-corrected chi connectivity index (χ1v) is 5.67. The Kier molecular flexibility index (Phi) is 3.66. The molecule has 0 amide bonds. The molecule has 2 unspecified atom stereocenters. The molecule has 1 aromatic rings. The Bertz CT molecular complexity index is 516. The van der Waals surface area contributed by atoms with Crippen molar-refractivity contribution in [3.8, 4) is 0 Å².